The quantitative estimate of drug-likeness (QED) is 0.570. The van der Waals surface area contributed by atoms with Gasteiger partial charge in [-0.05, 0) is 12.6 Å². The Labute approximate surface area is 62.4 Å². The Hall–Kier alpha value is -0.890. The zero-order valence-corrected chi connectivity index (χ0v) is 6.43. The normalized spacial score (nSPS) is 11.1. The van der Waals surface area contributed by atoms with E-state index >= 15 is 0 Å². The lowest BCUT2D eigenvalue weighted by molar-refractivity contribution is 0.818. The van der Waals surface area contributed by atoms with Gasteiger partial charge in [0.05, 0.1) is 5.71 Å². The van der Waals surface area contributed by atoms with E-state index in [9.17, 15) is 0 Å². The molecule has 1 N–H and O–H groups in total. The SMILES string of the molecule is C=CN=C(C=C)CNCC. The highest BCUT2D eigenvalue weighted by atomic mass is 14.9. The van der Waals surface area contributed by atoms with Crippen LogP contribution in [0.1, 0.15) is 6.92 Å². The van der Waals surface area contributed by atoms with Crippen LogP contribution in [0, 0.1) is 0 Å². The Bertz CT molecular complexity index is 136. The Balaban J connectivity index is 3.70. The Morgan fingerprint density at radius 3 is 2.70 bits per heavy atom. The van der Waals surface area contributed by atoms with E-state index in [4.69, 9.17) is 0 Å². The molecule has 0 amide bonds. The first-order chi connectivity index (χ1) is 4.85. The fraction of sp³-hybridized carbons (Fsp3) is 0.375. The van der Waals surface area contributed by atoms with Crippen LogP contribution in [0.25, 0.3) is 0 Å². The third-order valence-corrected chi connectivity index (χ3v) is 1.05. The Morgan fingerprint density at radius 1 is 1.60 bits per heavy atom. The zero-order valence-electron chi connectivity index (χ0n) is 6.43. The number of hydrogen-bond acceptors (Lipinski definition) is 2. The van der Waals surface area contributed by atoms with Crippen LogP contribution in [0.5, 0.6) is 0 Å². The van der Waals surface area contributed by atoms with Crippen molar-refractivity contribution in [2.45, 2.75) is 6.92 Å². The number of nitrogens with one attached hydrogen (secondary N) is 1. The first-order valence-electron chi connectivity index (χ1n) is 3.35. The summed E-state index contributed by atoms with van der Waals surface area (Å²) < 4.78 is 0. The molecule has 0 radical (unpaired) electrons. The van der Waals surface area contributed by atoms with Crippen molar-refractivity contribution in [1.29, 1.82) is 0 Å². The first kappa shape index (κ1) is 9.11. The minimum absolute atomic E-state index is 0.770. The second-order valence-electron chi connectivity index (χ2n) is 1.79. The van der Waals surface area contributed by atoms with E-state index in [1.807, 2.05) is 0 Å². The zero-order chi connectivity index (χ0) is 7.82. The van der Waals surface area contributed by atoms with E-state index in [1.54, 1.807) is 6.08 Å². The van der Waals surface area contributed by atoms with Gasteiger partial charge in [-0.25, -0.2) is 0 Å². The van der Waals surface area contributed by atoms with Crippen molar-refractivity contribution in [3.63, 3.8) is 0 Å². The van der Waals surface area contributed by atoms with Gasteiger partial charge in [0.25, 0.3) is 0 Å². The molecule has 0 bridgehead atoms. The first-order valence-corrected chi connectivity index (χ1v) is 3.35. The lowest BCUT2D eigenvalue weighted by Crippen LogP contribution is -2.20. The summed E-state index contributed by atoms with van der Waals surface area (Å²) in [5.41, 5.74) is 0.928. The molecule has 0 rings (SSSR count). The third kappa shape index (κ3) is 4.04. The summed E-state index contributed by atoms with van der Waals surface area (Å²) in [6, 6.07) is 0. The summed E-state index contributed by atoms with van der Waals surface area (Å²) in [5.74, 6) is 0. The predicted octanol–water partition coefficient (Wildman–Crippen LogP) is 1.37. The fourth-order valence-corrected chi connectivity index (χ4v) is 0.541. The number of hydrogen-bond donors (Lipinski definition) is 1. The lowest BCUT2D eigenvalue weighted by atomic mass is 10.3. The fourth-order valence-electron chi connectivity index (χ4n) is 0.541. The molecule has 0 aliphatic rings. The lowest BCUT2D eigenvalue weighted by Gasteiger charge is -1.98. The molecule has 0 saturated heterocycles. The van der Waals surface area contributed by atoms with Crippen molar-refractivity contribution in [3.05, 3.63) is 25.4 Å². The smallest absolute Gasteiger partial charge is 0.0535 e. The molecule has 2 heteroatoms. The summed E-state index contributed by atoms with van der Waals surface area (Å²) in [4.78, 5) is 3.98. The highest BCUT2D eigenvalue weighted by Gasteiger charge is 1.87. The van der Waals surface area contributed by atoms with Gasteiger partial charge in [0.2, 0.25) is 0 Å². The van der Waals surface area contributed by atoms with E-state index in [2.05, 4.69) is 30.4 Å². The monoisotopic (exact) mass is 138 g/mol. The molecule has 0 atom stereocenters. The Kier molecular flexibility index (Phi) is 5.68. The van der Waals surface area contributed by atoms with Gasteiger partial charge >= 0.3 is 0 Å². The van der Waals surface area contributed by atoms with E-state index in [-0.39, 0.29) is 0 Å². The molecule has 0 aromatic carbocycles. The molecule has 0 unspecified atom stereocenters. The molecule has 0 fully saturated rings. The van der Waals surface area contributed by atoms with Crippen LogP contribution >= 0.6 is 0 Å². The van der Waals surface area contributed by atoms with Crippen molar-refractivity contribution < 1.29 is 0 Å². The molecule has 0 saturated carbocycles. The van der Waals surface area contributed by atoms with Gasteiger partial charge in [-0.15, -0.1) is 0 Å². The van der Waals surface area contributed by atoms with Crippen molar-refractivity contribution in [2.75, 3.05) is 13.1 Å². The largest absolute Gasteiger partial charge is 0.311 e. The summed E-state index contributed by atoms with van der Waals surface area (Å²) in [6.07, 6.45) is 3.25. The molecule has 0 aliphatic carbocycles. The molecule has 10 heavy (non-hydrogen) atoms. The molecule has 0 spiro atoms. The van der Waals surface area contributed by atoms with Crippen LogP contribution in [0.4, 0.5) is 0 Å². The van der Waals surface area contributed by atoms with Gasteiger partial charge in [0, 0.05) is 12.7 Å². The number of nitrogens with zero attached hydrogens (tertiary/aromatic N) is 1. The molecule has 56 valence electrons. The average molecular weight is 138 g/mol. The highest BCUT2D eigenvalue weighted by molar-refractivity contribution is 5.96. The van der Waals surface area contributed by atoms with Gasteiger partial charge < -0.3 is 5.32 Å². The number of rotatable bonds is 5. The van der Waals surface area contributed by atoms with Gasteiger partial charge in [-0.1, -0.05) is 20.1 Å². The minimum Gasteiger partial charge on any atom is -0.311 e. The van der Waals surface area contributed by atoms with Crippen LogP contribution < -0.4 is 5.32 Å². The Morgan fingerprint density at radius 2 is 2.30 bits per heavy atom. The molecular formula is C8H14N2. The maximum absolute atomic E-state index is 3.98. The summed E-state index contributed by atoms with van der Waals surface area (Å²) >= 11 is 0. The molecule has 0 aliphatic heterocycles. The number of aliphatic imine (C=N–C) groups is 1. The van der Waals surface area contributed by atoms with Crippen molar-refractivity contribution in [3.8, 4) is 0 Å². The van der Waals surface area contributed by atoms with Crippen molar-refractivity contribution in [2.24, 2.45) is 4.99 Å². The van der Waals surface area contributed by atoms with E-state index < -0.39 is 0 Å². The van der Waals surface area contributed by atoms with Gasteiger partial charge in [-0.2, -0.15) is 0 Å². The summed E-state index contributed by atoms with van der Waals surface area (Å²) in [5, 5.41) is 3.13. The van der Waals surface area contributed by atoms with E-state index in [0.29, 0.717) is 0 Å². The summed E-state index contributed by atoms with van der Waals surface area (Å²) in [6.45, 7) is 10.9. The molecule has 0 heterocycles. The van der Waals surface area contributed by atoms with Crippen molar-refractivity contribution >= 4 is 5.71 Å². The highest BCUT2D eigenvalue weighted by Crippen LogP contribution is 1.79. The van der Waals surface area contributed by atoms with Gasteiger partial charge in [-0.3, -0.25) is 4.99 Å². The van der Waals surface area contributed by atoms with Gasteiger partial charge in [0.1, 0.15) is 0 Å². The van der Waals surface area contributed by atoms with Crippen LogP contribution in [0.3, 0.4) is 0 Å². The van der Waals surface area contributed by atoms with E-state index in [1.165, 1.54) is 6.20 Å². The molecule has 0 aromatic heterocycles. The maximum Gasteiger partial charge on any atom is 0.0535 e. The summed E-state index contributed by atoms with van der Waals surface area (Å²) in [7, 11) is 0. The van der Waals surface area contributed by atoms with Crippen LogP contribution in [0.15, 0.2) is 30.4 Å². The maximum atomic E-state index is 3.98. The van der Waals surface area contributed by atoms with E-state index in [0.717, 1.165) is 18.8 Å². The molecule has 2 nitrogen and oxygen atoms in total. The second kappa shape index (κ2) is 6.23. The standard InChI is InChI=1S/C8H14N2/c1-4-8(10-6-3)7-9-5-2/h4,6,9H,1,3,5,7H2,2H3. The third-order valence-electron chi connectivity index (χ3n) is 1.05. The average Bonchev–Trinajstić information content (AvgIpc) is 1.98. The second-order valence-corrected chi connectivity index (χ2v) is 1.79. The topological polar surface area (TPSA) is 24.4 Å². The van der Waals surface area contributed by atoms with Crippen molar-refractivity contribution in [1.82, 2.24) is 5.32 Å². The molecule has 0 aromatic rings. The van der Waals surface area contributed by atoms with Gasteiger partial charge in [0.15, 0.2) is 0 Å². The molecular weight excluding hydrogens is 124 g/mol. The predicted molar refractivity (Wildman–Crippen MR) is 46.4 cm³/mol. The van der Waals surface area contributed by atoms with Crippen LogP contribution in [-0.2, 0) is 0 Å². The minimum atomic E-state index is 0.770. The van der Waals surface area contributed by atoms with Crippen LogP contribution in [-0.4, -0.2) is 18.8 Å². The van der Waals surface area contributed by atoms with Crippen LogP contribution in [0.2, 0.25) is 0 Å².